The van der Waals surface area contributed by atoms with Crippen molar-refractivity contribution in [2.24, 2.45) is 0 Å². The Morgan fingerprint density at radius 1 is 1.05 bits per heavy atom. The lowest BCUT2D eigenvalue weighted by Crippen LogP contribution is -2.51. The van der Waals surface area contributed by atoms with Crippen molar-refractivity contribution in [1.82, 2.24) is 20.4 Å². The number of amides is 3. The number of hydrogen-bond acceptors (Lipinski definition) is 4. The second-order valence-corrected chi connectivity index (χ2v) is 6.11. The highest BCUT2D eigenvalue weighted by Gasteiger charge is 2.26. The molecule has 2 fully saturated rings. The maximum absolute atomic E-state index is 11.8. The fourth-order valence-electron chi connectivity index (χ4n) is 3.36. The average Bonchev–Trinajstić information content (AvgIpc) is 2.76. The van der Waals surface area contributed by atoms with Gasteiger partial charge in [-0.25, -0.2) is 4.79 Å². The molecule has 0 saturated carbocycles. The molecule has 0 unspecified atom stereocenters. The zero-order valence-electron chi connectivity index (χ0n) is 13.1. The molecule has 2 heterocycles. The quantitative estimate of drug-likeness (QED) is 0.808. The Morgan fingerprint density at radius 3 is 2.43 bits per heavy atom. The summed E-state index contributed by atoms with van der Waals surface area (Å²) in [6.45, 7) is 4.61. The second kappa shape index (κ2) is 8.34. The van der Waals surface area contributed by atoms with Crippen molar-refractivity contribution in [2.75, 3.05) is 39.8 Å². The fraction of sp³-hybridized carbons (Fsp3) is 0.867. The van der Waals surface area contributed by atoms with Crippen LogP contribution in [0.15, 0.2) is 0 Å². The molecular formula is C15H28N4O2. The summed E-state index contributed by atoms with van der Waals surface area (Å²) < 4.78 is 0. The van der Waals surface area contributed by atoms with Gasteiger partial charge in [0.05, 0.1) is 6.54 Å². The first kappa shape index (κ1) is 16.2. The van der Waals surface area contributed by atoms with Gasteiger partial charge in [-0.1, -0.05) is 12.8 Å². The van der Waals surface area contributed by atoms with Crippen molar-refractivity contribution in [1.29, 1.82) is 0 Å². The van der Waals surface area contributed by atoms with Gasteiger partial charge in [0, 0.05) is 19.6 Å². The fourth-order valence-corrected chi connectivity index (χ4v) is 3.36. The molecule has 6 heteroatoms. The lowest BCUT2D eigenvalue weighted by atomic mass is 10.0. The van der Waals surface area contributed by atoms with Crippen molar-refractivity contribution in [3.8, 4) is 0 Å². The third kappa shape index (κ3) is 5.28. The predicted molar refractivity (Wildman–Crippen MR) is 82.1 cm³/mol. The molecule has 0 aromatic carbocycles. The van der Waals surface area contributed by atoms with Gasteiger partial charge in [0.25, 0.3) is 0 Å². The molecule has 0 radical (unpaired) electrons. The average molecular weight is 296 g/mol. The number of rotatable bonds is 3. The van der Waals surface area contributed by atoms with Crippen LogP contribution in [0.5, 0.6) is 0 Å². The molecule has 2 N–H and O–H groups in total. The summed E-state index contributed by atoms with van der Waals surface area (Å²) >= 11 is 0. The molecule has 2 rings (SSSR count). The molecule has 0 aromatic rings. The molecule has 2 saturated heterocycles. The van der Waals surface area contributed by atoms with Crippen LogP contribution >= 0.6 is 0 Å². The van der Waals surface area contributed by atoms with Crippen molar-refractivity contribution in [3.63, 3.8) is 0 Å². The first-order valence-corrected chi connectivity index (χ1v) is 8.17. The number of nitrogens with one attached hydrogen (secondary N) is 2. The third-order valence-electron chi connectivity index (χ3n) is 4.48. The highest BCUT2D eigenvalue weighted by Crippen LogP contribution is 2.19. The van der Waals surface area contributed by atoms with Crippen LogP contribution in [0.1, 0.15) is 38.5 Å². The summed E-state index contributed by atoms with van der Waals surface area (Å²) in [4.78, 5) is 27.7. The molecule has 1 atom stereocenters. The number of imide groups is 1. The number of nitrogens with zero attached hydrogens (tertiary/aromatic N) is 2. The van der Waals surface area contributed by atoms with Crippen molar-refractivity contribution >= 4 is 11.9 Å². The van der Waals surface area contributed by atoms with Crippen LogP contribution in [0.4, 0.5) is 4.79 Å². The van der Waals surface area contributed by atoms with Gasteiger partial charge in [0.2, 0.25) is 5.91 Å². The van der Waals surface area contributed by atoms with Crippen LogP contribution in [0.2, 0.25) is 0 Å². The van der Waals surface area contributed by atoms with Crippen LogP contribution in [0.3, 0.4) is 0 Å². The van der Waals surface area contributed by atoms with E-state index >= 15 is 0 Å². The zero-order chi connectivity index (χ0) is 15.1. The number of likely N-dealkylation sites (tertiary alicyclic amines) is 2. The molecule has 0 aliphatic carbocycles. The highest BCUT2D eigenvalue weighted by atomic mass is 16.2. The SMILES string of the molecule is CNC(=O)NC(=O)CN1CCC[C@H](N2CCCCCC2)C1. The molecular weight excluding hydrogens is 268 g/mol. The number of urea groups is 1. The van der Waals surface area contributed by atoms with Gasteiger partial charge in [0.15, 0.2) is 0 Å². The van der Waals surface area contributed by atoms with Crippen molar-refractivity contribution in [3.05, 3.63) is 0 Å². The molecule has 2 aliphatic heterocycles. The number of carbonyl (C=O) groups excluding carboxylic acids is 2. The Hall–Kier alpha value is -1.14. The van der Waals surface area contributed by atoms with Gasteiger partial charge < -0.3 is 5.32 Å². The maximum Gasteiger partial charge on any atom is 0.321 e. The van der Waals surface area contributed by atoms with Gasteiger partial charge in [0.1, 0.15) is 0 Å². The first-order chi connectivity index (χ1) is 10.2. The molecule has 21 heavy (non-hydrogen) atoms. The Labute approximate surface area is 127 Å². The van der Waals surface area contributed by atoms with E-state index in [2.05, 4.69) is 20.4 Å². The number of carbonyl (C=O) groups is 2. The normalized spacial score (nSPS) is 25.1. The summed E-state index contributed by atoms with van der Waals surface area (Å²) in [6, 6.07) is 0.144. The van der Waals surface area contributed by atoms with Crippen molar-refractivity contribution < 1.29 is 9.59 Å². The lowest BCUT2D eigenvalue weighted by molar-refractivity contribution is -0.121. The Bertz CT molecular complexity index is 354. The van der Waals surface area contributed by atoms with Crippen LogP contribution in [0, 0.1) is 0 Å². The maximum atomic E-state index is 11.8. The third-order valence-corrected chi connectivity index (χ3v) is 4.48. The number of hydrogen-bond donors (Lipinski definition) is 2. The van der Waals surface area contributed by atoms with E-state index in [-0.39, 0.29) is 5.91 Å². The van der Waals surface area contributed by atoms with E-state index in [1.54, 1.807) is 0 Å². The zero-order valence-corrected chi connectivity index (χ0v) is 13.1. The number of piperidine rings is 1. The molecule has 120 valence electrons. The summed E-state index contributed by atoms with van der Waals surface area (Å²) in [5.74, 6) is -0.217. The van der Waals surface area contributed by atoms with Gasteiger partial charge >= 0.3 is 6.03 Å². The highest BCUT2D eigenvalue weighted by molar-refractivity contribution is 5.95. The Kier molecular flexibility index (Phi) is 6.45. The molecule has 0 aromatic heterocycles. The molecule has 2 aliphatic rings. The molecule has 0 bridgehead atoms. The standard InChI is InChI=1S/C15H28N4O2/c1-16-15(21)17-14(20)12-18-8-6-7-13(11-18)19-9-4-2-3-5-10-19/h13H,2-12H2,1H3,(H2,16,17,20,21)/t13-/m0/s1. The van der Waals surface area contributed by atoms with Crippen LogP contribution < -0.4 is 10.6 Å². The van der Waals surface area contributed by atoms with E-state index in [4.69, 9.17) is 0 Å². The topological polar surface area (TPSA) is 64.7 Å². The smallest absolute Gasteiger partial charge is 0.321 e. The van der Waals surface area contributed by atoms with Gasteiger partial charge in [-0.05, 0) is 45.3 Å². The molecule has 3 amide bonds. The summed E-state index contributed by atoms with van der Waals surface area (Å²) in [5.41, 5.74) is 0. The van der Waals surface area contributed by atoms with Crippen LogP contribution in [0.25, 0.3) is 0 Å². The minimum absolute atomic E-state index is 0.217. The minimum Gasteiger partial charge on any atom is -0.341 e. The predicted octanol–water partition coefficient (Wildman–Crippen LogP) is 0.782. The Balaban J connectivity index is 1.79. The lowest BCUT2D eigenvalue weighted by Gasteiger charge is -2.38. The largest absolute Gasteiger partial charge is 0.341 e. The van der Waals surface area contributed by atoms with E-state index < -0.39 is 6.03 Å². The monoisotopic (exact) mass is 296 g/mol. The van der Waals surface area contributed by atoms with Gasteiger partial charge in [-0.2, -0.15) is 0 Å². The Morgan fingerprint density at radius 2 is 1.76 bits per heavy atom. The second-order valence-electron chi connectivity index (χ2n) is 6.11. The van der Waals surface area contributed by atoms with E-state index in [9.17, 15) is 9.59 Å². The summed E-state index contributed by atoms with van der Waals surface area (Å²) in [6.07, 6.45) is 7.66. The van der Waals surface area contributed by atoms with Gasteiger partial charge in [-0.3, -0.25) is 19.9 Å². The summed E-state index contributed by atoms with van der Waals surface area (Å²) in [5, 5.41) is 4.74. The van der Waals surface area contributed by atoms with E-state index in [0.717, 1.165) is 19.5 Å². The van der Waals surface area contributed by atoms with Gasteiger partial charge in [-0.15, -0.1) is 0 Å². The molecule has 0 spiro atoms. The minimum atomic E-state index is -0.430. The van der Waals surface area contributed by atoms with Crippen LogP contribution in [-0.2, 0) is 4.79 Å². The first-order valence-electron chi connectivity index (χ1n) is 8.17. The van der Waals surface area contributed by atoms with Crippen LogP contribution in [-0.4, -0.2) is 67.6 Å². The van der Waals surface area contributed by atoms with E-state index in [0.29, 0.717) is 12.6 Å². The van der Waals surface area contributed by atoms with E-state index in [1.807, 2.05) is 0 Å². The van der Waals surface area contributed by atoms with Crippen molar-refractivity contribution in [2.45, 2.75) is 44.6 Å². The van der Waals surface area contributed by atoms with E-state index in [1.165, 1.54) is 52.2 Å². The molecule has 6 nitrogen and oxygen atoms in total. The summed E-state index contributed by atoms with van der Waals surface area (Å²) in [7, 11) is 1.51.